The molecule has 0 spiro atoms. The van der Waals surface area contributed by atoms with Crippen molar-refractivity contribution in [2.45, 2.75) is 57.5 Å². The van der Waals surface area contributed by atoms with Gasteiger partial charge in [-0.1, -0.05) is 0 Å². The molecule has 0 radical (unpaired) electrons. The van der Waals surface area contributed by atoms with Crippen molar-refractivity contribution >= 4 is 12.0 Å². The number of anilines is 1. The number of aromatic nitrogens is 3. The molecule has 1 N–H and O–H groups in total. The molecule has 36 heavy (non-hydrogen) atoms. The van der Waals surface area contributed by atoms with E-state index in [1.54, 1.807) is 13.3 Å². The number of amides is 2. The second kappa shape index (κ2) is 10.9. The van der Waals surface area contributed by atoms with Gasteiger partial charge in [-0.3, -0.25) is 9.88 Å². The summed E-state index contributed by atoms with van der Waals surface area (Å²) in [6.07, 6.45) is 0.557. The number of carbonyl (C=O) groups excluding carboxylic acids is 1. The molecule has 2 aromatic heterocycles. The summed E-state index contributed by atoms with van der Waals surface area (Å²) in [4.78, 5) is 31.3. The number of nitrogens with one attached hydrogen (secondary N) is 1. The standard InChI is InChI=1S/C24H32F3N7O2/c1-16-13-33(22-29-11-18(12-30-22)24(25,26)27)14-17(2)34(16)23(35)31-19-5-8-32(9-6-19)15-20-10-21(36-3)4-7-28-20/h4,7,10-12,16-17,19H,5-6,8-9,13-15H2,1-3H3,(H,31,35)/t16-,17+. The lowest BCUT2D eigenvalue weighted by Gasteiger charge is -2.45. The van der Waals surface area contributed by atoms with Gasteiger partial charge in [-0.05, 0) is 32.8 Å². The van der Waals surface area contributed by atoms with Gasteiger partial charge >= 0.3 is 12.2 Å². The normalized spacial score (nSPS) is 21.9. The highest BCUT2D eigenvalue weighted by Gasteiger charge is 2.36. The number of urea groups is 1. The largest absolute Gasteiger partial charge is 0.497 e. The van der Waals surface area contributed by atoms with Crippen molar-refractivity contribution < 1.29 is 22.7 Å². The Kier molecular flexibility index (Phi) is 7.82. The fourth-order valence-electron chi connectivity index (χ4n) is 4.90. The monoisotopic (exact) mass is 507 g/mol. The fraction of sp³-hybridized carbons (Fsp3) is 0.583. The van der Waals surface area contributed by atoms with E-state index in [-0.39, 0.29) is 30.1 Å². The maximum Gasteiger partial charge on any atom is 0.419 e. The molecule has 0 aliphatic carbocycles. The average Bonchev–Trinajstić information content (AvgIpc) is 2.84. The van der Waals surface area contributed by atoms with Crippen LogP contribution in [0.1, 0.15) is 37.9 Å². The Labute approximate surface area is 208 Å². The highest BCUT2D eigenvalue weighted by Crippen LogP contribution is 2.29. The summed E-state index contributed by atoms with van der Waals surface area (Å²) in [5.41, 5.74) is 0.0746. The second-order valence-electron chi connectivity index (χ2n) is 9.47. The number of pyridine rings is 1. The van der Waals surface area contributed by atoms with Crippen LogP contribution in [0.4, 0.5) is 23.9 Å². The van der Waals surface area contributed by atoms with Crippen molar-refractivity contribution in [3.63, 3.8) is 0 Å². The summed E-state index contributed by atoms with van der Waals surface area (Å²) < 4.78 is 43.7. The minimum atomic E-state index is -4.47. The highest BCUT2D eigenvalue weighted by atomic mass is 19.4. The Morgan fingerprint density at radius 1 is 1.11 bits per heavy atom. The van der Waals surface area contributed by atoms with Crippen LogP contribution in [0.15, 0.2) is 30.7 Å². The lowest BCUT2D eigenvalue weighted by atomic mass is 10.0. The summed E-state index contributed by atoms with van der Waals surface area (Å²) in [7, 11) is 1.64. The first-order valence-electron chi connectivity index (χ1n) is 12.1. The molecule has 2 aliphatic rings. The van der Waals surface area contributed by atoms with Gasteiger partial charge in [0.2, 0.25) is 5.95 Å². The van der Waals surface area contributed by atoms with Gasteiger partial charge in [0.05, 0.1) is 18.4 Å². The van der Waals surface area contributed by atoms with Gasteiger partial charge in [0, 0.05) is 75.5 Å². The van der Waals surface area contributed by atoms with Gasteiger partial charge in [0.15, 0.2) is 0 Å². The fourth-order valence-corrected chi connectivity index (χ4v) is 4.90. The van der Waals surface area contributed by atoms with E-state index >= 15 is 0 Å². The molecule has 9 nitrogen and oxygen atoms in total. The number of likely N-dealkylation sites (tertiary alicyclic amines) is 1. The third kappa shape index (κ3) is 6.15. The third-order valence-corrected chi connectivity index (χ3v) is 6.73. The minimum Gasteiger partial charge on any atom is -0.497 e. The van der Waals surface area contributed by atoms with Crippen LogP contribution < -0.4 is 15.0 Å². The summed E-state index contributed by atoms with van der Waals surface area (Å²) in [5, 5.41) is 3.18. The van der Waals surface area contributed by atoms with E-state index in [1.807, 2.05) is 35.8 Å². The van der Waals surface area contributed by atoms with Crippen molar-refractivity contribution in [2.75, 3.05) is 38.2 Å². The molecular weight excluding hydrogens is 475 g/mol. The van der Waals surface area contributed by atoms with Crippen LogP contribution in [-0.4, -0.2) is 82.2 Å². The van der Waals surface area contributed by atoms with Crippen LogP contribution in [0.25, 0.3) is 0 Å². The van der Waals surface area contributed by atoms with Crippen LogP contribution in [0.5, 0.6) is 5.75 Å². The molecule has 2 aromatic rings. The van der Waals surface area contributed by atoms with E-state index < -0.39 is 11.7 Å². The van der Waals surface area contributed by atoms with Crippen molar-refractivity contribution in [3.05, 3.63) is 42.0 Å². The maximum atomic E-state index is 13.1. The van der Waals surface area contributed by atoms with Crippen molar-refractivity contribution in [1.82, 2.24) is 30.1 Å². The van der Waals surface area contributed by atoms with Crippen molar-refractivity contribution in [1.29, 1.82) is 0 Å². The molecule has 4 rings (SSSR count). The van der Waals surface area contributed by atoms with Gasteiger partial charge in [0.1, 0.15) is 5.75 Å². The number of halogens is 3. The molecule has 12 heteroatoms. The maximum absolute atomic E-state index is 13.1. The first-order chi connectivity index (χ1) is 17.1. The Hall–Kier alpha value is -3.15. The molecule has 2 aliphatic heterocycles. The zero-order valence-electron chi connectivity index (χ0n) is 20.7. The molecular formula is C24H32F3N7O2. The quantitative estimate of drug-likeness (QED) is 0.665. The topological polar surface area (TPSA) is 86.7 Å². The van der Waals surface area contributed by atoms with Crippen molar-refractivity contribution in [2.24, 2.45) is 0 Å². The number of alkyl halides is 3. The summed E-state index contributed by atoms with van der Waals surface area (Å²) in [5.74, 6) is 1.02. The Morgan fingerprint density at radius 2 is 1.75 bits per heavy atom. The molecule has 2 atom stereocenters. The molecule has 0 saturated carbocycles. The number of ether oxygens (including phenoxy) is 1. The number of hydrogen-bond donors (Lipinski definition) is 1. The van der Waals surface area contributed by atoms with Gasteiger partial charge in [0.25, 0.3) is 0 Å². The molecule has 0 bridgehead atoms. The SMILES string of the molecule is COc1ccnc(CN2CCC(NC(=O)N3[C@H](C)CN(c4ncc(C(F)(F)F)cn4)C[C@@H]3C)CC2)c1. The molecule has 4 heterocycles. The zero-order chi connectivity index (χ0) is 25.9. The molecule has 2 fully saturated rings. The van der Waals surface area contributed by atoms with Crippen LogP contribution in [0, 0.1) is 0 Å². The molecule has 196 valence electrons. The van der Waals surface area contributed by atoms with Crippen molar-refractivity contribution in [3.8, 4) is 5.75 Å². The third-order valence-electron chi connectivity index (χ3n) is 6.73. The Balaban J connectivity index is 1.27. The number of methoxy groups -OCH3 is 1. The number of carbonyl (C=O) groups is 1. The van der Waals surface area contributed by atoms with Gasteiger partial charge in [-0.2, -0.15) is 13.2 Å². The van der Waals surface area contributed by atoms with Crippen LogP contribution >= 0.6 is 0 Å². The lowest BCUT2D eigenvalue weighted by Crippen LogP contribution is -2.62. The predicted molar refractivity (Wildman–Crippen MR) is 128 cm³/mol. The Morgan fingerprint density at radius 3 is 2.33 bits per heavy atom. The smallest absolute Gasteiger partial charge is 0.419 e. The average molecular weight is 508 g/mol. The van der Waals surface area contributed by atoms with E-state index in [9.17, 15) is 18.0 Å². The first-order valence-corrected chi connectivity index (χ1v) is 12.1. The van der Waals surface area contributed by atoms with Crippen LogP contribution in [-0.2, 0) is 12.7 Å². The van der Waals surface area contributed by atoms with E-state index in [4.69, 9.17) is 4.74 Å². The first kappa shape index (κ1) is 25.9. The summed E-state index contributed by atoms with van der Waals surface area (Å²) >= 11 is 0. The molecule has 2 amide bonds. The van der Waals surface area contributed by atoms with E-state index in [2.05, 4.69) is 25.2 Å². The molecule has 0 unspecified atom stereocenters. The van der Waals surface area contributed by atoms with E-state index in [0.717, 1.165) is 56.3 Å². The van der Waals surface area contributed by atoms with E-state index in [1.165, 1.54) is 0 Å². The van der Waals surface area contributed by atoms with Gasteiger partial charge in [-0.25, -0.2) is 14.8 Å². The van der Waals surface area contributed by atoms with Crippen LogP contribution in [0.3, 0.4) is 0 Å². The Bertz CT molecular complexity index is 1020. The minimum absolute atomic E-state index is 0.0858. The number of rotatable bonds is 5. The second-order valence-corrected chi connectivity index (χ2v) is 9.47. The highest BCUT2D eigenvalue weighted by molar-refractivity contribution is 5.75. The number of piperidine rings is 1. The van der Waals surface area contributed by atoms with Gasteiger partial charge in [-0.15, -0.1) is 0 Å². The molecule has 0 aromatic carbocycles. The predicted octanol–water partition coefficient (Wildman–Crippen LogP) is 3.17. The van der Waals surface area contributed by atoms with Crippen LogP contribution in [0.2, 0.25) is 0 Å². The number of nitrogens with zero attached hydrogens (tertiary/aromatic N) is 6. The lowest BCUT2D eigenvalue weighted by molar-refractivity contribution is -0.138. The zero-order valence-corrected chi connectivity index (χ0v) is 20.7. The number of hydrogen-bond acceptors (Lipinski definition) is 7. The summed E-state index contributed by atoms with van der Waals surface area (Å²) in [6, 6.07) is 3.42. The number of piperazine rings is 1. The summed E-state index contributed by atoms with van der Waals surface area (Å²) in [6.45, 7) is 7.18. The van der Waals surface area contributed by atoms with E-state index in [0.29, 0.717) is 13.1 Å². The molecule has 2 saturated heterocycles. The van der Waals surface area contributed by atoms with Gasteiger partial charge < -0.3 is 19.9 Å².